The van der Waals surface area contributed by atoms with Gasteiger partial charge in [-0.05, 0) is 37.6 Å². The van der Waals surface area contributed by atoms with E-state index in [2.05, 4.69) is 15.4 Å². The number of morpholine rings is 1. The number of carbonyl (C=O) groups is 1. The van der Waals surface area contributed by atoms with Gasteiger partial charge in [0.05, 0.1) is 13.2 Å². The van der Waals surface area contributed by atoms with E-state index in [0.717, 1.165) is 54.4 Å². The molecule has 1 N–H and O–H groups in total. The molecule has 0 spiro atoms. The number of anilines is 2. The highest BCUT2D eigenvalue weighted by Gasteiger charge is 2.18. The van der Waals surface area contributed by atoms with E-state index in [1.807, 2.05) is 62.4 Å². The Morgan fingerprint density at radius 2 is 1.82 bits per heavy atom. The molecule has 3 aromatic rings. The van der Waals surface area contributed by atoms with Crippen molar-refractivity contribution in [2.75, 3.05) is 36.5 Å². The number of benzene rings is 2. The third-order valence-corrected chi connectivity index (χ3v) is 5.01. The molecular formula is C22H23N3O3. The first kappa shape index (κ1) is 18.3. The molecule has 0 atom stereocenters. The van der Waals surface area contributed by atoms with Crippen LogP contribution in [0.4, 0.5) is 11.6 Å². The van der Waals surface area contributed by atoms with Gasteiger partial charge < -0.3 is 14.2 Å². The van der Waals surface area contributed by atoms with E-state index >= 15 is 0 Å². The Balaban J connectivity index is 1.51. The number of hydrogen-bond acceptors (Lipinski definition) is 5. The summed E-state index contributed by atoms with van der Waals surface area (Å²) in [6.45, 7) is 7.11. The summed E-state index contributed by atoms with van der Waals surface area (Å²) < 4.78 is 10.8. The van der Waals surface area contributed by atoms with Gasteiger partial charge in [-0.1, -0.05) is 35.5 Å². The number of aryl methyl sites for hydroxylation is 1. The molecule has 1 aliphatic rings. The predicted octanol–water partition coefficient (Wildman–Crippen LogP) is 4.05. The van der Waals surface area contributed by atoms with Gasteiger partial charge in [0, 0.05) is 35.5 Å². The van der Waals surface area contributed by atoms with Gasteiger partial charge in [0.25, 0.3) is 5.91 Å². The standard InChI is InChI=1S/C22H23N3O3/c1-15-14-18(8-9-19(15)25-10-12-27-13-11-25)21(26)23-22-16(2)20(24-28-22)17-6-4-3-5-7-17/h3-9,14H,10-13H2,1-2H3,(H,23,26). The van der Waals surface area contributed by atoms with Crippen molar-refractivity contribution < 1.29 is 14.1 Å². The lowest BCUT2D eigenvalue weighted by Gasteiger charge is -2.30. The summed E-state index contributed by atoms with van der Waals surface area (Å²) in [7, 11) is 0. The summed E-state index contributed by atoms with van der Waals surface area (Å²) >= 11 is 0. The third kappa shape index (κ3) is 3.64. The second-order valence-electron chi connectivity index (χ2n) is 6.91. The van der Waals surface area contributed by atoms with Gasteiger partial charge in [0.1, 0.15) is 5.69 Å². The molecule has 144 valence electrons. The molecule has 0 saturated carbocycles. The Kier molecular flexibility index (Phi) is 5.12. The fraction of sp³-hybridized carbons (Fsp3) is 0.273. The van der Waals surface area contributed by atoms with Crippen molar-refractivity contribution in [3.8, 4) is 11.3 Å². The Labute approximate surface area is 164 Å². The maximum Gasteiger partial charge on any atom is 0.258 e. The van der Waals surface area contributed by atoms with Gasteiger partial charge in [-0.25, -0.2) is 0 Å². The SMILES string of the molecule is Cc1cc(C(=O)Nc2onc(-c3ccccc3)c2C)ccc1N1CCOCC1. The molecule has 1 saturated heterocycles. The van der Waals surface area contributed by atoms with Crippen LogP contribution < -0.4 is 10.2 Å². The fourth-order valence-corrected chi connectivity index (χ4v) is 3.45. The minimum atomic E-state index is -0.213. The molecule has 1 aromatic heterocycles. The van der Waals surface area contributed by atoms with Crippen molar-refractivity contribution in [1.82, 2.24) is 5.16 Å². The van der Waals surface area contributed by atoms with E-state index in [9.17, 15) is 4.79 Å². The maximum atomic E-state index is 12.7. The summed E-state index contributed by atoms with van der Waals surface area (Å²) in [5.41, 5.74) is 5.29. The number of ether oxygens (including phenoxy) is 1. The largest absolute Gasteiger partial charge is 0.378 e. The molecule has 0 radical (unpaired) electrons. The summed E-state index contributed by atoms with van der Waals surface area (Å²) in [6.07, 6.45) is 0. The fourth-order valence-electron chi connectivity index (χ4n) is 3.45. The summed E-state index contributed by atoms with van der Waals surface area (Å²) in [6, 6.07) is 15.5. The zero-order valence-electron chi connectivity index (χ0n) is 16.1. The van der Waals surface area contributed by atoms with Crippen molar-refractivity contribution in [1.29, 1.82) is 0 Å². The van der Waals surface area contributed by atoms with Crippen LogP contribution >= 0.6 is 0 Å². The topological polar surface area (TPSA) is 67.6 Å². The van der Waals surface area contributed by atoms with E-state index in [1.54, 1.807) is 0 Å². The number of nitrogens with one attached hydrogen (secondary N) is 1. The normalized spacial score (nSPS) is 14.1. The molecule has 1 fully saturated rings. The zero-order valence-corrected chi connectivity index (χ0v) is 16.1. The monoisotopic (exact) mass is 377 g/mol. The van der Waals surface area contributed by atoms with Gasteiger partial charge >= 0.3 is 0 Å². The third-order valence-electron chi connectivity index (χ3n) is 5.01. The Hall–Kier alpha value is -3.12. The lowest BCUT2D eigenvalue weighted by molar-refractivity contribution is 0.102. The van der Waals surface area contributed by atoms with E-state index in [-0.39, 0.29) is 5.91 Å². The van der Waals surface area contributed by atoms with E-state index in [0.29, 0.717) is 11.4 Å². The van der Waals surface area contributed by atoms with E-state index < -0.39 is 0 Å². The minimum Gasteiger partial charge on any atom is -0.378 e. The van der Waals surface area contributed by atoms with E-state index in [4.69, 9.17) is 9.26 Å². The van der Waals surface area contributed by atoms with Crippen molar-refractivity contribution in [3.63, 3.8) is 0 Å². The van der Waals surface area contributed by atoms with Gasteiger partial charge in [0.2, 0.25) is 5.88 Å². The Bertz CT molecular complexity index is 976. The molecule has 0 unspecified atom stereocenters. The van der Waals surface area contributed by atoms with Gasteiger partial charge in [0.15, 0.2) is 0 Å². The summed E-state index contributed by atoms with van der Waals surface area (Å²) in [5, 5.41) is 6.96. The van der Waals surface area contributed by atoms with Crippen LogP contribution in [0.25, 0.3) is 11.3 Å². The first-order valence-corrected chi connectivity index (χ1v) is 9.40. The van der Waals surface area contributed by atoms with Gasteiger partial charge in [-0.3, -0.25) is 10.1 Å². The average molecular weight is 377 g/mol. The quantitative estimate of drug-likeness (QED) is 0.743. The van der Waals surface area contributed by atoms with Crippen molar-refractivity contribution >= 4 is 17.5 Å². The highest BCUT2D eigenvalue weighted by molar-refractivity contribution is 6.04. The van der Waals surface area contributed by atoms with Crippen LogP contribution in [-0.4, -0.2) is 37.4 Å². The van der Waals surface area contributed by atoms with Crippen LogP contribution in [0.1, 0.15) is 21.5 Å². The molecule has 1 aliphatic heterocycles. The highest BCUT2D eigenvalue weighted by Crippen LogP contribution is 2.28. The first-order chi connectivity index (χ1) is 13.6. The molecule has 0 bridgehead atoms. The van der Waals surface area contributed by atoms with Crippen LogP contribution in [0.2, 0.25) is 0 Å². The Morgan fingerprint density at radius 3 is 2.54 bits per heavy atom. The average Bonchev–Trinajstić information content (AvgIpc) is 3.09. The number of amides is 1. The number of aromatic nitrogens is 1. The molecule has 2 aromatic carbocycles. The smallest absolute Gasteiger partial charge is 0.258 e. The van der Waals surface area contributed by atoms with Crippen molar-refractivity contribution in [3.05, 3.63) is 65.2 Å². The van der Waals surface area contributed by atoms with Crippen molar-refractivity contribution in [2.24, 2.45) is 0 Å². The van der Waals surface area contributed by atoms with Crippen LogP contribution in [0.15, 0.2) is 53.1 Å². The van der Waals surface area contributed by atoms with E-state index in [1.165, 1.54) is 0 Å². The lowest BCUT2D eigenvalue weighted by atomic mass is 10.1. The molecule has 2 heterocycles. The molecular weight excluding hydrogens is 354 g/mol. The second-order valence-corrected chi connectivity index (χ2v) is 6.91. The number of nitrogens with zero attached hydrogens (tertiary/aromatic N) is 2. The van der Waals surface area contributed by atoms with Crippen molar-refractivity contribution in [2.45, 2.75) is 13.8 Å². The first-order valence-electron chi connectivity index (χ1n) is 9.40. The second kappa shape index (κ2) is 7.86. The van der Waals surface area contributed by atoms with Gasteiger partial charge in [-0.15, -0.1) is 0 Å². The van der Waals surface area contributed by atoms with Crippen LogP contribution in [0.5, 0.6) is 0 Å². The number of hydrogen-bond donors (Lipinski definition) is 1. The summed E-state index contributed by atoms with van der Waals surface area (Å²) in [4.78, 5) is 15.0. The van der Waals surface area contributed by atoms with Gasteiger partial charge in [-0.2, -0.15) is 0 Å². The number of rotatable bonds is 4. The molecule has 28 heavy (non-hydrogen) atoms. The lowest BCUT2D eigenvalue weighted by Crippen LogP contribution is -2.36. The molecule has 0 aliphatic carbocycles. The molecule has 1 amide bonds. The minimum absolute atomic E-state index is 0.213. The maximum absolute atomic E-state index is 12.7. The summed E-state index contributed by atoms with van der Waals surface area (Å²) in [5.74, 6) is 0.161. The highest BCUT2D eigenvalue weighted by atomic mass is 16.5. The molecule has 6 nitrogen and oxygen atoms in total. The Morgan fingerprint density at radius 1 is 1.07 bits per heavy atom. The van der Waals surface area contributed by atoms with Crippen LogP contribution in [0, 0.1) is 13.8 Å². The molecule has 6 heteroatoms. The molecule has 4 rings (SSSR count). The van der Waals surface area contributed by atoms with Crippen LogP contribution in [0.3, 0.4) is 0 Å². The van der Waals surface area contributed by atoms with Crippen LogP contribution in [-0.2, 0) is 4.74 Å². The zero-order chi connectivity index (χ0) is 19.5. The predicted molar refractivity (Wildman–Crippen MR) is 109 cm³/mol. The number of carbonyl (C=O) groups excluding carboxylic acids is 1.